The van der Waals surface area contributed by atoms with Crippen LogP contribution < -0.4 is 0 Å². The van der Waals surface area contributed by atoms with Crippen LogP contribution in [0, 0.1) is 16.7 Å². The van der Waals surface area contributed by atoms with Gasteiger partial charge < -0.3 is 9.69 Å². The van der Waals surface area contributed by atoms with E-state index in [2.05, 4.69) is 39.6 Å². The van der Waals surface area contributed by atoms with Crippen molar-refractivity contribution in [3.05, 3.63) is 0 Å². The highest BCUT2D eigenvalue weighted by Gasteiger charge is 2.36. The van der Waals surface area contributed by atoms with E-state index >= 15 is 0 Å². The summed E-state index contributed by atoms with van der Waals surface area (Å²) in [6, 6.07) is 0. The number of aldehydes is 1. The van der Waals surface area contributed by atoms with Gasteiger partial charge in [0.25, 0.3) is 0 Å². The molecule has 1 rings (SSSR count). The molecule has 2 nitrogen and oxygen atoms in total. The van der Waals surface area contributed by atoms with Crippen LogP contribution in [0.2, 0.25) is 0 Å². The Balaban J connectivity index is 2.59. The summed E-state index contributed by atoms with van der Waals surface area (Å²) >= 11 is 0. The minimum Gasteiger partial charge on any atom is -0.305 e. The molecule has 0 spiro atoms. The minimum atomic E-state index is -0.0718. The molecule has 1 aliphatic carbocycles. The van der Waals surface area contributed by atoms with Gasteiger partial charge in [0.2, 0.25) is 0 Å². The highest BCUT2D eigenvalue weighted by atomic mass is 16.1. The lowest BCUT2D eigenvalue weighted by Crippen LogP contribution is -2.42. The maximum Gasteiger partial charge on any atom is 0.127 e. The normalized spacial score (nSPS) is 30.6. The Hall–Kier alpha value is -0.370. The van der Waals surface area contributed by atoms with E-state index < -0.39 is 0 Å². The van der Waals surface area contributed by atoms with E-state index in [9.17, 15) is 4.79 Å². The topological polar surface area (TPSA) is 20.3 Å². The molecule has 0 aliphatic heterocycles. The Kier molecular flexibility index (Phi) is 4.77. The van der Waals surface area contributed by atoms with Crippen LogP contribution in [-0.2, 0) is 4.79 Å². The molecule has 0 heterocycles. The Morgan fingerprint density at radius 1 is 1.41 bits per heavy atom. The number of nitrogens with zero attached hydrogens (tertiary/aromatic N) is 1. The molecule has 0 bridgehead atoms. The molecule has 0 aromatic rings. The first-order valence-electron chi connectivity index (χ1n) is 6.91. The third-order valence-corrected chi connectivity index (χ3v) is 3.71. The van der Waals surface area contributed by atoms with Gasteiger partial charge in [-0.05, 0) is 31.2 Å². The van der Waals surface area contributed by atoms with Gasteiger partial charge in [-0.25, -0.2) is 0 Å². The van der Waals surface area contributed by atoms with Crippen molar-refractivity contribution < 1.29 is 4.79 Å². The standard InChI is InChI=1S/C15H29NO/c1-13-7-6-8-15(9-13,12-17)11-16(5)10-14(2,3)4/h12-13H,6-11H2,1-5H3. The van der Waals surface area contributed by atoms with Crippen molar-refractivity contribution in [1.82, 2.24) is 4.90 Å². The number of rotatable bonds is 4. The summed E-state index contributed by atoms with van der Waals surface area (Å²) in [5, 5.41) is 0. The lowest BCUT2D eigenvalue weighted by Gasteiger charge is -2.39. The molecular weight excluding hydrogens is 210 g/mol. The SMILES string of the molecule is CC1CCCC(C=O)(CN(C)CC(C)(C)C)C1. The predicted octanol–water partition coefficient (Wildman–Crippen LogP) is 3.36. The van der Waals surface area contributed by atoms with Gasteiger partial charge in [-0.2, -0.15) is 0 Å². The fraction of sp³-hybridized carbons (Fsp3) is 0.933. The second-order valence-electron chi connectivity index (χ2n) is 7.41. The van der Waals surface area contributed by atoms with Gasteiger partial charge in [-0.15, -0.1) is 0 Å². The molecule has 1 aliphatic rings. The molecular formula is C15H29NO. The zero-order valence-electron chi connectivity index (χ0n) is 12.3. The quantitative estimate of drug-likeness (QED) is 0.701. The number of hydrogen-bond donors (Lipinski definition) is 0. The van der Waals surface area contributed by atoms with Crippen molar-refractivity contribution in [1.29, 1.82) is 0 Å². The van der Waals surface area contributed by atoms with Gasteiger partial charge in [-0.1, -0.05) is 40.5 Å². The molecule has 0 radical (unpaired) electrons. The summed E-state index contributed by atoms with van der Waals surface area (Å²) < 4.78 is 0. The van der Waals surface area contributed by atoms with Crippen LogP contribution in [-0.4, -0.2) is 31.3 Å². The summed E-state index contributed by atoms with van der Waals surface area (Å²) in [4.78, 5) is 13.8. The highest BCUT2D eigenvalue weighted by molar-refractivity contribution is 5.60. The van der Waals surface area contributed by atoms with E-state index in [-0.39, 0.29) is 5.41 Å². The third-order valence-electron chi connectivity index (χ3n) is 3.71. The van der Waals surface area contributed by atoms with Crippen molar-refractivity contribution in [3.8, 4) is 0 Å². The van der Waals surface area contributed by atoms with Gasteiger partial charge in [0.05, 0.1) is 0 Å². The summed E-state index contributed by atoms with van der Waals surface area (Å²) in [6.07, 6.45) is 5.89. The van der Waals surface area contributed by atoms with Gasteiger partial charge in [-0.3, -0.25) is 0 Å². The van der Waals surface area contributed by atoms with E-state index in [1.54, 1.807) is 0 Å². The van der Waals surface area contributed by atoms with Crippen molar-refractivity contribution >= 4 is 6.29 Å². The van der Waals surface area contributed by atoms with Gasteiger partial charge in [0.15, 0.2) is 0 Å². The zero-order chi connectivity index (χ0) is 13.1. The van der Waals surface area contributed by atoms with Gasteiger partial charge in [0, 0.05) is 18.5 Å². The van der Waals surface area contributed by atoms with Crippen molar-refractivity contribution in [3.63, 3.8) is 0 Å². The first kappa shape index (κ1) is 14.7. The van der Waals surface area contributed by atoms with E-state index in [0.29, 0.717) is 11.3 Å². The third kappa shape index (κ3) is 4.79. The van der Waals surface area contributed by atoms with Crippen LogP contribution in [0.1, 0.15) is 53.4 Å². The maximum absolute atomic E-state index is 11.5. The monoisotopic (exact) mass is 239 g/mol. The molecule has 1 fully saturated rings. The number of carbonyl (C=O) groups excluding carboxylic acids is 1. The number of hydrogen-bond acceptors (Lipinski definition) is 2. The molecule has 1 saturated carbocycles. The van der Waals surface area contributed by atoms with Crippen LogP contribution in [0.25, 0.3) is 0 Å². The molecule has 0 saturated heterocycles. The Bertz CT molecular complexity index is 256. The van der Waals surface area contributed by atoms with Crippen LogP contribution in [0.15, 0.2) is 0 Å². The average molecular weight is 239 g/mol. The van der Waals surface area contributed by atoms with E-state index in [0.717, 1.165) is 25.9 Å². The molecule has 2 atom stereocenters. The summed E-state index contributed by atoms with van der Waals surface area (Å²) in [5.74, 6) is 0.706. The van der Waals surface area contributed by atoms with Crippen LogP contribution in [0.3, 0.4) is 0 Å². The molecule has 0 amide bonds. The molecule has 17 heavy (non-hydrogen) atoms. The summed E-state index contributed by atoms with van der Waals surface area (Å²) in [7, 11) is 2.15. The lowest BCUT2D eigenvalue weighted by molar-refractivity contribution is -0.120. The van der Waals surface area contributed by atoms with Gasteiger partial charge in [0.1, 0.15) is 6.29 Å². The van der Waals surface area contributed by atoms with Crippen molar-refractivity contribution in [2.75, 3.05) is 20.1 Å². The highest BCUT2D eigenvalue weighted by Crippen LogP contribution is 2.38. The van der Waals surface area contributed by atoms with E-state index in [1.165, 1.54) is 19.1 Å². The van der Waals surface area contributed by atoms with E-state index in [1.807, 2.05) is 0 Å². The van der Waals surface area contributed by atoms with Gasteiger partial charge >= 0.3 is 0 Å². The summed E-state index contributed by atoms with van der Waals surface area (Å²) in [6.45, 7) is 11.0. The van der Waals surface area contributed by atoms with Crippen molar-refractivity contribution in [2.24, 2.45) is 16.7 Å². The predicted molar refractivity (Wildman–Crippen MR) is 73.1 cm³/mol. The average Bonchev–Trinajstić information content (AvgIpc) is 2.14. The molecule has 100 valence electrons. The summed E-state index contributed by atoms with van der Waals surface area (Å²) in [5.41, 5.74) is 0.233. The molecule has 0 N–H and O–H groups in total. The largest absolute Gasteiger partial charge is 0.305 e. The fourth-order valence-corrected chi connectivity index (χ4v) is 3.39. The Morgan fingerprint density at radius 3 is 2.53 bits per heavy atom. The minimum absolute atomic E-state index is 0.0718. The van der Waals surface area contributed by atoms with E-state index in [4.69, 9.17) is 0 Å². The van der Waals surface area contributed by atoms with Crippen LogP contribution in [0.4, 0.5) is 0 Å². The fourth-order valence-electron chi connectivity index (χ4n) is 3.39. The molecule has 2 heteroatoms. The first-order chi connectivity index (χ1) is 7.76. The van der Waals surface area contributed by atoms with Crippen LogP contribution >= 0.6 is 0 Å². The Morgan fingerprint density at radius 2 is 2.06 bits per heavy atom. The first-order valence-corrected chi connectivity index (χ1v) is 6.91. The van der Waals surface area contributed by atoms with Crippen molar-refractivity contribution in [2.45, 2.75) is 53.4 Å². The molecule has 0 aromatic heterocycles. The maximum atomic E-state index is 11.5. The Labute approximate surface area is 107 Å². The lowest BCUT2D eigenvalue weighted by atomic mass is 9.70. The molecule has 2 unspecified atom stereocenters. The zero-order valence-corrected chi connectivity index (χ0v) is 12.3. The second kappa shape index (κ2) is 5.51. The van der Waals surface area contributed by atoms with Crippen LogP contribution in [0.5, 0.6) is 0 Å². The number of carbonyl (C=O) groups is 1. The smallest absolute Gasteiger partial charge is 0.127 e. The second-order valence-corrected chi connectivity index (χ2v) is 7.41. The molecule has 0 aromatic carbocycles.